The molecular weight excluding hydrogens is 430 g/mol. The van der Waals surface area contributed by atoms with Crippen molar-refractivity contribution < 1.29 is 14.7 Å². The number of likely N-dealkylation sites (tertiary alicyclic amines) is 1. The number of rotatable bonds is 6. The van der Waals surface area contributed by atoms with Crippen LogP contribution < -0.4 is 10.2 Å². The summed E-state index contributed by atoms with van der Waals surface area (Å²) in [5, 5.41) is 22.2. The first kappa shape index (κ1) is 22.4. The average molecular weight is 462 g/mol. The molecule has 8 nitrogen and oxygen atoms in total. The number of carbonyl (C=O) groups excluding carboxylic acids is 1. The first-order chi connectivity index (χ1) is 16.4. The molecule has 1 aromatic heterocycles. The standard InChI is InChI=1S/C26H31N5O3/c1-16(32)31-13-10-18-15-30(12-11-21(18)31)22-14-20(26(33)34)29-25(28-19-8-3-2-4-9-19)23(22)24(27)17-6-5-7-17/h2-4,8-9,14,17-18,21,27H,5-7,10-13,15H2,1H3,(H,28,29)(H,33,34). The monoisotopic (exact) mass is 461 g/mol. The predicted octanol–water partition coefficient (Wildman–Crippen LogP) is 4.14. The van der Waals surface area contributed by atoms with Gasteiger partial charge < -0.3 is 25.6 Å². The molecule has 0 bridgehead atoms. The average Bonchev–Trinajstić information content (AvgIpc) is 3.21. The maximum atomic E-state index is 12.1. The largest absolute Gasteiger partial charge is 0.477 e. The Morgan fingerprint density at radius 1 is 1.12 bits per heavy atom. The van der Waals surface area contributed by atoms with E-state index in [1.807, 2.05) is 35.2 Å². The van der Waals surface area contributed by atoms with E-state index in [1.54, 1.807) is 13.0 Å². The van der Waals surface area contributed by atoms with Crippen LogP contribution in [-0.4, -0.2) is 58.3 Å². The molecule has 0 spiro atoms. The molecule has 1 aliphatic carbocycles. The smallest absolute Gasteiger partial charge is 0.354 e. The number of para-hydroxylation sites is 1. The van der Waals surface area contributed by atoms with Gasteiger partial charge in [-0.3, -0.25) is 4.79 Å². The number of aromatic nitrogens is 1. The minimum atomic E-state index is -1.09. The first-order valence-corrected chi connectivity index (χ1v) is 12.1. The van der Waals surface area contributed by atoms with Crippen molar-refractivity contribution in [2.45, 2.75) is 45.1 Å². The Kier molecular flexibility index (Phi) is 5.98. The van der Waals surface area contributed by atoms with E-state index in [9.17, 15) is 14.7 Å². The molecule has 3 N–H and O–H groups in total. The molecule has 3 aliphatic rings. The second-order valence-electron chi connectivity index (χ2n) is 9.65. The van der Waals surface area contributed by atoms with Crippen molar-refractivity contribution in [3.05, 3.63) is 47.7 Å². The molecule has 2 saturated heterocycles. The highest BCUT2D eigenvalue weighted by Gasteiger charge is 2.40. The summed E-state index contributed by atoms with van der Waals surface area (Å²) in [6.45, 7) is 3.87. The summed E-state index contributed by atoms with van der Waals surface area (Å²) >= 11 is 0. The number of amides is 1. The Morgan fingerprint density at radius 2 is 1.88 bits per heavy atom. The van der Waals surface area contributed by atoms with Crippen LogP contribution in [0.1, 0.15) is 55.1 Å². The molecule has 2 aromatic rings. The number of nitrogens with zero attached hydrogens (tertiary/aromatic N) is 3. The van der Waals surface area contributed by atoms with Crippen LogP contribution in [0.15, 0.2) is 36.4 Å². The lowest BCUT2D eigenvalue weighted by atomic mass is 9.78. The quantitative estimate of drug-likeness (QED) is 0.558. The van der Waals surface area contributed by atoms with Gasteiger partial charge >= 0.3 is 5.97 Å². The summed E-state index contributed by atoms with van der Waals surface area (Å²) in [6, 6.07) is 11.4. The number of anilines is 3. The summed E-state index contributed by atoms with van der Waals surface area (Å²) < 4.78 is 0. The SMILES string of the molecule is CC(=O)N1CCC2CN(c3cc(C(=O)O)nc(Nc4ccccc4)c3C(=N)C3CCC3)CCC21. The van der Waals surface area contributed by atoms with Crippen molar-refractivity contribution in [2.24, 2.45) is 11.8 Å². The van der Waals surface area contributed by atoms with E-state index in [4.69, 9.17) is 5.41 Å². The number of carboxylic acid groups (broad SMARTS) is 1. The topological polar surface area (TPSA) is 110 Å². The zero-order valence-electron chi connectivity index (χ0n) is 19.5. The molecule has 3 fully saturated rings. The number of aromatic carboxylic acids is 1. The highest BCUT2D eigenvalue weighted by molar-refractivity contribution is 6.10. The number of carboxylic acids is 1. The number of hydrogen-bond acceptors (Lipinski definition) is 6. The molecule has 0 radical (unpaired) electrons. The lowest BCUT2D eigenvalue weighted by Gasteiger charge is -2.40. The van der Waals surface area contributed by atoms with Gasteiger partial charge in [0.25, 0.3) is 0 Å². The Hall–Kier alpha value is -3.42. The summed E-state index contributed by atoms with van der Waals surface area (Å²) in [7, 11) is 0. The third-order valence-corrected chi connectivity index (χ3v) is 7.62. The summed E-state index contributed by atoms with van der Waals surface area (Å²) in [5.74, 6) is -0.0190. The van der Waals surface area contributed by atoms with Gasteiger partial charge in [0.1, 0.15) is 5.82 Å². The maximum Gasteiger partial charge on any atom is 0.354 e. The zero-order valence-corrected chi connectivity index (χ0v) is 19.5. The number of benzene rings is 1. The van der Waals surface area contributed by atoms with Gasteiger partial charge in [0, 0.05) is 49.9 Å². The van der Waals surface area contributed by atoms with Crippen LogP contribution in [0, 0.1) is 17.2 Å². The summed E-state index contributed by atoms with van der Waals surface area (Å²) in [6.07, 6.45) is 4.84. The summed E-state index contributed by atoms with van der Waals surface area (Å²) in [5.41, 5.74) is 2.78. The molecule has 8 heteroatoms. The zero-order chi connectivity index (χ0) is 23.8. The van der Waals surface area contributed by atoms with E-state index in [-0.39, 0.29) is 23.6 Å². The number of fused-ring (bicyclic) bond motifs is 1. The molecule has 3 heterocycles. The van der Waals surface area contributed by atoms with Crippen molar-refractivity contribution in [1.82, 2.24) is 9.88 Å². The van der Waals surface area contributed by atoms with Crippen LogP contribution in [0.3, 0.4) is 0 Å². The Morgan fingerprint density at radius 3 is 2.53 bits per heavy atom. The fourth-order valence-corrected chi connectivity index (χ4v) is 5.60. The third kappa shape index (κ3) is 4.13. The lowest BCUT2D eigenvalue weighted by Crippen LogP contribution is -2.47. The van der Waals surface area contributed by atoms with Crippen molar-refractivity contribution in [3.63, 3.8) is 0 Å². The van der Waals surface area contributed by atoms with Gasteiger partial charge in [0.15, 0.2) is 5.69 Å². The predicted molar refractivity (Wildman–Crippen MR) is 131 cm³/mol. The van der Waals surface area contributed by atoms with Crippen LogP contribution in [0.4, 0.5) is 17.2 Å². The number of carbonyl (C=O) groups is 2. The molecule has 1 aromatic carbocycles. The van der Waals surface area contributed by atoms with Crippen LogP contribution in [0.2, 0.25) is 0 Å². The van der Waals surface area contributed by atoms with Gasteiger partial charge in [-0.15, -0.1) is 0 Å². The van der Waals surface area contributed by atoms with Gasteiger partial charge in [-0.2, -0.15) is 0 Å². The number of pyridine rings is 1. The second kappa shape index (κ2) is 9.08. The van der Waals surface area contributed by atoms with E-state index in [2.05, 4.69) is 15.2 Å². The Balaban J connectivity index is 1.55. The van der Waals surface area contributed by atoms with E-state index < -0.39 is 5.97 Å². The van der Waals surface area contributed by atoms with Gasteiger partial charge in [-0.1, -0.05) is 24.6 Å². The van der Waals surface area contributed by atoms with E-state index in [0.717, 1.165) is 56.6 Å². The number of nitrogens with one attached hydrogen (secondary N) is 2. The van der Waals surface area contributed by atoms with Crippen LogP contribution in [-0.2, 0) is 4.79 Å². The first-order valence-electron chi connectivity index (χ1n) is 12.1. The van der Waals surface area contributed by atoms with Gasteiger partial charge in [0.2, 0.25) is 5.91 Å². The highest BCUT2D eigenvalue weighted by Crippen LogP contribution is 2.40. The molecule has 1 saturated carbocycles. The lowest BCUT2D eigenvalue weighted by molar-refractivity contribution is -0.130. The van der Waals surface area contributed by atoms with E-state index in [0.29, 0.717) is 29.6 Å². The molecule has 34 heavy (non-hydrogen) atoms. The van der Waals surface area contributed by atoms with Crippen molar-refractivity contribution in [3.8, 4) is 0 Å². The minimum absolute atomic E-state index is 0.0301. The van der Waals surface area contributed by atoms with Crippen LogP contribution >= 0.6 is 0 Å². The van der Waals surface area contributed by atoms with Crippen LogP contribution in [0.25, 0.3) is 0 Å². The normalized spacial score (nSPS) is 22.1. The fraction of sp³-hybridized carbons (Fsp3) is 0.462. The van der Waals surface area contributed by atoms with Crippen LogP contribution in [0.5, 0.6) is 0 Å². The summed E-state index contributed by atoms with van der Waals surface area (Å²) in [4.78, 5) is 32.7. The van der Waals surface area contributed by atoms with Gasteiger partial charge in [-0.05, 0) is 49.8 Å². The third-order valence-electron chi connectivity index (χ3n) is 7.62. The second-order valence-corrected chi connectivity index (χ2v) is 9.65. The van der Waals surface area contributed by atoms with Crippen molar-refractivity contribution in [1.29, 1.82) is 5.41 Å². The maximum absolute atomic E-state index is 12.1. The highest BCUT2D eigenvalue weighted by atomic mass is 16.4. The molecular formula is C26H31N5O3. The molecule has 2 unspecified atom stereocenters. The van der Waals surface area contributed by atoms with Crippen molar-refractivity contribution in [2.75, 3.05) is 29.9 Å². The Labute approximate surface area is 199 Å². The molecule has 1 amide bonds. The van der Waals surface area contributed by atoms with E-state index in [1.165, 1.54) is 0 Å². The molecule has 178 valence electrons. The van der Waals surface area contributed by atoms with Crippen molar-refractivity contribution >= 4 is 34.8 Å². The number of piperidine rings is 1. The molecule has 2 atom stereocenters. The number of hydrogen-bond donors (Lipinski definition) is 3. The van der Waals surface area contributed by atoms with E-state index >= 15 is 0 Å². The van der Waals surface area contributed by atoms with Gasteiger partial charge in [0.05, 0.1) is 11.3 Å². The Bertz CT molecular complexity index is 1110. The fourth-order valence-electron chi connectivity index (χ4n) is 5.60. The van der Waals surface area contributed by atoms with Gasteiger partial charge in [-0.25, -0.2) is 9.78 Å². The molecule has 2 aliphatic heterocycles. The molecule has 5 rings (SSSR count). The minimum Gasteiger partial charge on any atom is -0.477 e.